The number of hydrogen-bond donors (Lipinski definition) is 0. The van der Waals surface area contributed by atoms with E-state index in [0.717, 1.165) is 0 Å². The molecule has 0 spiro atoms. The Morgan fingerprint density at radius 3 is 2.60 bits per heavy atom. The fourth-order valence-corrected chi connectivity index (χ4v) is 0.422. The van der Waals surface area contributed by atoms with E-state index < -0.39 is 0 Å². The van der Waals surface area contributed by atoms with Gasteiger partial charge in [-0.3, -0.25) is 4.79 Å². The second-order valence-corrected chi connectivity index (χ2v) is 1.91. The minimum atomic E-state index is -0.301. The zero-order chi connectivity index (χ0) is 8.15. The third kappa shape index (κ3) is 1.90. The lowest BCUT2D eigenvalue weighted by molar-refractivity contribution is -0.125. The largest absolute Gasteiger partial charge is 0.341 e. The van der Waals surface area contributed by atoms with Crippen LogP contribution in [0.25, 0.3) is 0 Å². The van der Waals surface area contributed by atoms with Crippen LogP contribution >= 0.6 is 0 Å². The maximum atomic E-state index is 10.9. The van der Waals surface area contributed by atoms with E-state index in [0.29, 0.717) is 6.54 Å². The summed E-state index contributed by atoms with van der Waals surface area (Å²) in [5.41, 5.74) is -0.00986. The van der Waals surface area contributed by atoms with Gasteiger partial charge >= 0.3 is 0 Å². The summed E-state index contributed by atoms with van der Waals surface area (Å²) in [6, 6.07) is 1.69. The van der Waals surface area contributed by atoms with Gasteiger partial charge in [-0.25, -0.2) is 0 Å². The molecular weight excluding hydrogens is 128 g/mol. The smallest absolute Gasteiger partial charge is 0.263 e. The van der Waals surface area contributed by atoms with Gasteiger partial charge in [-0.05, 0) is 6.92 Å². The summed E-state index contributed by atoms with van der Waals surface area (Å²) in [6.45, 7) is 5.72. The van der Waals surface area contributed by atoms with E-state index in [1.54, 1.807) is 13.1 Å². The average Bonchev–Trinajstić information content (AvgIpc) is 2.00. The van der Waals surface area contributed by atoms with Crippen molar-refractivity contribution in [3.8, 4) is 6.07 Å². The van der Waals surface area contributed by atoms with Gasteiger partial charge in [0.25, 0.3) is 5.91 Å². The van der Waals surface area contributed by atoms with Gasteiger partial charge in [0.2, 0.25) is 0 Å². The van der Waals surface area contributed by atoms with Gasteiger partial charge in [0, 0.05) is 13.6 Å². The Hall–Kier alpha value is -1.30. The number of carbonyl (C=O) groups is 1. The fourth-order valence-electron chi connectivity index (χ4n) is 0.422. The Kier molecular flexibility index (Phi) is 3.20. The molecule has 0 aliphatic carbocycles. The molecule has 0 rings (SSSR count). The maximum absolute atomic E-state index is 10.9. The predicted octanol–water partition coefficient (Wildman–Crippen LogP) is 0.544. The minimum absolute atomic E-state index is 0.00986. The van der Waals surface area contributed by atoms with Crippen molar-refractivity contribution in [3.05, 3.63) is 12.2 Å². The molecule has 0 aromatic rings. The van der Waals surface area contributed by atoms with Crippen LogP contribution in [0.2, 0.25) is 0 Å². The summed E-state index contributed by atoms with van der Waals surface area (Å²) < 4.78 is 0. The highest BCUT2D eigenvalue weighted by atomic mass is 16.2. The van der Waals surface area contributed by atoms with E-state index in [1.165, 1.54) is 4.90 Å². The summed E-state index contributed by atoms with van der Waals surface area (Å²) in [4.78, 5) is 12.3. The topological polar surface area (TPSA) is 44.1 Å². The Bertz CT molecular complexity index is 190. The lowest BCUT2D eigenvalue weighted by atomic mass is 10.3. The zero-order valence-electron chi connectivity index (χ0n) is 6.22. The molecule has 1 amide bonds. The summed E-state index contributed by atoms with van der Waals surface area (Å²) in [6.07, 6.45) is 0. The van der Waals surface area contributed by atoms with E-state index in [1.807, 2.05) is 6.92 Å². The summed E-state index contributed by atoms with van der Waals surface area (Å²) in [5.74, 6) is -0.301. The number of nitriles is 1. The molecule has 10 heavy (non-hydrogen) atoms. The third-order valence-electron chi connectivity index (χ3n) is 1.21. The Morgan fingerprint density at radius 2 is 2.30 bits per heavy atom. The van der Waals surface area contributed by atoms with Gasteiger partial charge in [0.05, 0.1) is 0 Å². The minimum Gasteiger partial charge on any atom is -0.341 e. The molecule has 54 valence electrons. The zero-order valence-corrected chi connectivity index (χ0v) is 6.22. The van der Waals surface area contributed by atoms with Crippen molar-refractivity contribution in [2.45, 2.75) is 6.92 Å². The fraction of sp³-hybridized carbons (Fsp3) is 0.429. The Labute approximate surface area is 60.6 Å². The first kappa shape index (κ1) is 8.70. The van der Waals surface area contributed by atoms with E-state index >= 15 is 0 Å². The molecule has 0 fully saturated rings. The van der Waals surface area contributed by atoms with Crippen LogP contribution in [-0.2, 0) is 4.79 Å². The molecule has 0 aromatic carbocycles. The molecule has 0 atom stereocenters. The highest BCUT2D eigenvalue weighted by Gasteiger charge is 2.08. The summed E-state index contributed by atoms with van der Waals surface area (Å²) >= 11 is 0. The van der Waals surface area contributed by atoms with Gasteiger partial charge in [0.15, 0.2) is 0 Å². The molecule has 0 aromatic heterocycles. The van der Waals surface area contributed by atoms with Crippen LogP contribution in [0.4, 0.5) is 0 Å². The van der Waals surface area contributed by atoms with Crippen molar-refractivity contribution in [1.82, 2.24) is 4.90 Å². The third-order valence-corrected chi connectivity index (χ3v) is 1.21. The molecule has 0 heterocycles. The lowest BCUT2D eigenvalue weighted by Gasteiger charge is -2.11. The van der Waals surface area contributed by atoms with Gasteiger partial charge in [-0.1, -0.05) is 6.58 Å². The van der Waals surface area contributed by atoms with Crippen molar-refractivity contribution in [3.63, 3.8) is 0 Å². The monoisotopic (exact) mass is 138 g/mol. The first-order valence-electron chi connectivity index (χ1n) is 2.98. The lowest BCUT2D eigenvalue weighted by Crippen LogP contribution is -2.26. The maximum Gasteiger partial charge on any atom is 0.263 e. The molecule has 0 N–H and O–H groups in total. The molecule has 0 aliphatic heterocycles. The van der Waals surface area contributed by atoms with Crippen LogP contribution in [-0.4, -0.2) is 24.4 Å². The van der Waals surface area contributed by atoms with Gasteiger partial charge in [-0.2, -0.15) is 5.26 Å². The summed E-state index contributed by atoms with van der Waals surface area (Å²) in [7, 11) is 1.63. The average molecular weight is 138 g/mol. The van der Waals surface area contributed by atoms with Crippen molar-refractivity contribution in [2.75, 3.05) is 13.6 Å². The van der Waals surface area contributed by atoms with Crippen LogP contribution in [0.15, 0.2) is 12.2 Å². The molecule has 0 saturated heterocycles. The highest BCUT2D eigenvalue weighted by Crippen LogP contribution is 1.93. The molecule has 0 aliphatic rings. The first-order valence-corrected chi connectivity index (χ1v) is 2.98. The first-order chi connectivity index (χ1) is 4.63. The molecule has 0 unspecified atom stereocenters. The molecule has 3 heteroatoms. The van der Waals surface area contributed by atoms with Crippen LogP contribution in [0.3, 0.4) is 0 Å². The van der Waals surface area contributed by atoms with E-state index in [2.05, 4.69) is 6.58 Å². The molecule has 0 bridgehead atoms. The number of likely N-dealkylation sites (N-methyl/N-ethyl adjacent to an activating group) is 1. The van der Waals surface area contributed by atoms with Crippen LogP contribution in [0.1, 0.15) is 6.92 Å². The number of rotatable bonds is 2. The Morgan fingerprint density at radius 1 is 1.80 bits per heavy atom. The van der Waals surface area contributed by atoms with Gasteiger partial charge in [0.1, 0.15) is 11.6 Å². The second-order valence-electron chi connectivity index (χ2n) is 1.91. The quantitative estimate of drug-likeness (QED) is 0.413. The van der Waals surface area contributed by atoms with Gasteiger partial charge < -0.3 is 4.90 Å². The normalized spacial score (nSPS) is 8.10. The van der Waals surface area contributed by atoms with Crippen molar-refractivity contribution < 1.29 is 4.79 Å². The molecular formula is C7H10N2O. The number of nitrogens with zero attached hydrogens (tertiary/aromatic N) is 2. The van der Waals surface area contributed by atoms with E-state index in [9.17, 15) is 4.79 Å². The molecule has 0 saturated carbocycles. The SMILES string of the molecule is C=C(C#N)C(=O)N(C)CC. The number of carbonyl (C=O) groups excluding carboxylic acids is 1. The van der Waals surface area contributed by atoms with Crippen LogP contribution in [0.5, 0.6) is 0 Å². The van der Waals surface area contributed by atoms with E-state index in [4.69, 9.17) is 5.26 Å². The van der Waals surface area contributed by atoms with Crippen molar-refractivity contribution >= 4 is 5.91 Å². The van der Waals surface area contributed by atoms with Crippen molar-refractivity contribution in [2.24, 2.45) is 0 Å². The van der Waals surface area contributed by atoms with E-state index in [-0.39, 0.29) is 11.5 Å². The Balaban J connectivity index is 4.12. The summed E-state index contributed by atoms with van der Waals surface area (Å²) in [5, 5.41) is 8.25. The second kappa shape index (κ2) is 3.67. The van der Waals surface area contributed by atoms with Crippen molar-refractivity contribution in [1.29, 1.82) is 5.26 Å². The molecule has 0 radical (unpaired) electrons. The number of amides is 1. The highest BCUT2D eigenvalue weighted by molar-refractivity contribution is 5.96. The van der Waals surface area contributed by atoms with Crippen LogP contribution < -0.4 is 0 Å². The standard InChI is InChI=1S/C7H10N2O/c1-4-9(3)7(10)6(2)5-8/h2,4H2,1,3H3. The predicted molar refractivity (Wildman–Crippen MR) is 38.1 cm³/mol. The molecule has 3 nitrogen and oxygen atoms in total. The van der Waals surface area contributed by atoms with Crippen LogP contribution in [0, 0.1) is 11.3 Å². The number of hydrogen-bond acceptors (Lipinski definition) is 2. The van der Waals surface area contributed by atoms with Gasteiger partial charge in [-0.15, -0.1) is 0 Å².